The molecule has 150 valence electrons. The van der Waals surface area contributed by atoms with Crippen LogP contribution in [0.25, 0.3) is 16.2 Å². The van der Waals surface area contributed by atoms with Crippen LogP contribution in [0.5, 0.6) is 5.75 Å². The predicted molar refractivity (Wildman–Crippen MR) is 113 cm³/mol. The van der Waals surface area contributed by atoms with Gasteiger partial charge in [-0.05, 0) is 52.8 Å². The van der Waals surface area contributed by atoms with Gasteiger partial charge in [0, 0.05) is 10.3 Å². The Bertz CT molecular complexity index is 1020. The predicted octanol–water partition coefficient (Wildman–Crippen LogP) is 4.64. The van der Waals surface area contributed by atoms with E-state index in [9.17, 15) is 10.0 Å². The van der Waals surface area contributed by atoms with Crippen LogP contribution in [-0.4, -0.2) is 38.1 Å². The van der Waals surface area contributed by atoms with Gasteiger partial charge in [0.25, 0.3) is 0 Å². The summed E-state index contributed by atoms with van der Waals surface area (Å²) < 4.78 is 6.93. The normalized spacial score (nSPS) is 12.5. The molecule has 9 heteroatoms. The van der Waals surface area contributed by atoms with Gasteiger partial charge in [-0.15, -0.1) is 11.8 Å². The molecule has 28 heavy (non-hydrogen) atoms. The van der Waals surface area contributed by atoms with Crippen LogP contribution in [-0.2, 0) is 5.60 Å². The highest BCUT2D eigenvalue weighted by molar-refractivity contribution is 8.00. The van der Waals surface area contributed by atoms with Gasteiger partial charge in [0.05, 0.1) is 29.9 Å². The van der Waals surface area contributed by atoms with E-state index in [4.69, 9.17) is 4.74 Å². The van der Waals surface area contributed by atoms with Crippen molar-refractivity contribution in [1.29, 1.82) is 0 Å². The number of fused-ring (bicyclic) bond motifs is 1. The van der Waals surface area contributed by atoms with Crippen LogP contribution >= 0.6 is 23.1 Å². The first kappa shape index (κ1) is 20.8. The van der Waals surface area contributed by atoms with Crippen molar-refractivity contribution in [1.82, 2.24) is 14.6 Å². The average molecular weight is 421 g/mol. The number of benzene rings is 1. The molecule has 0 aliphatic carbocycles. The highest BCUT2D eigenvalue weighted by Crippen LogP contribution is 2.41. The van der Waals surface area contributed by atoms with Crippen molar-refractivity contribution >= 4 is 28.1 Å². The molecule has 0 aliphatic rings. The van der Waals surface area contributed by atoms with Crippen molar-refractivity contribution in [2.75, 3.05) is 13.7 Å². The molecule has 1 N–H and O–H groups in total. The number of nitroso groups, excluding NO2 is 1. The van der Waals surface area contributed by atoms with E-state index in [1.807, 2.05) is 39.0 Å². The fourth-order valence-corrected chi connectivity index (χ4v) is 4.91. The maximum Gasteiger partial charge on any atom is 0.213 e. The molecule has 0 unspecified atom stereocenters. The Hall–Kier alpha value is -1.97. The largest absolute Gasteiger partial charge is 0.496 e. The first-order chi connectivity index (χ1) is 13.1. The Morgan fingerprint density at radius 2 is 2.04 bits per heavy atom. The number of methoxy groups -OCH3 is 1. The van der Waals surface area contributed by atoms with Gasteiger partial charge < -0.3 is 9.84 Å². The number of aromatic nitrogens is 3. The SMILES string of the molecule is COc1ccc(-c2c(C)nc3sc(C(C)(C)O)nn23)cc1SC(C)(C)CN=O. The summed E-state index contributed by atoms with van der Waals surface area (Å²) >= 11 is 2.92. The third-order valence-electron chi connectivity index (χ3n) is 4.17. The van der Waals surface area contributed by atoms with Crippen LogP contribution < -0.4 is 4.74 Å². The molecule has 0 saturated heterocycles. The monoisotopic (exact) mass is 420 g/mol. The van der Waals surface area contributed by atoms with Crippen LogP contribution in [0, 0.1) is 11.8 Å². The Kier molecular flexibility index (Phi) is 5.53. The van der Waals surface area contributed by atoms with E-state index >= 15 is 0 Å². The van der Waals surface area contributed by atoms with Gasteiger partial charge in [0.15, 0.2) is 0 Å². The van der Waals surface area contributed by atoms with Crippen molar-refractivity contribution in [2.45, 2.75) is 49.9 Å². The molecule has 0 radical (unpaired) electrons. The van der Waals surface area contributed by atoms with E-state index in [-0.39, 0.29) is 11.3 Å². The van der Waals surface area contributed by atoms with E-state index in [1.54, 1.807) is 37.2 Å². The van der Waals surface area contributed by atoms with E-state index in [0.29, 0.717) is 5.01 Å². The molecule has 0 fully saturated rings. The summed E-state index contributed by atoms with van der Waals surface area (Å²) in [6.45, 7) is 9.51. The molecule has 0 bridgehead atoms. The topological polar surface area (TPSA) is 89.1 Å². The zero-order chi connectivity index (χ0) is 20.7. The second-order valence-electron chi connectivity index (χ2n) is 7.72. The van der Waals surface area contributed by atoms with Crippen LogP contribution in [0.3, 0.4) is 0 Å². The second-order valence-corrected chi connectivity index (χ2v) is 10.4. The van der Waals surface area contributed by atoms with E-state index in [2.05, 4.69) is 15.3 Å². The van der Waals surface area contributed by atoms with Crippen molar-refractivity contribution in [3.05, 3.63) is 33.8 Å². The first-order valence-corrected chi connectivity index (χ1v) is 10.4. The van der Waals surface area contributed by atoms with Crippen molar-refractivity contribution in [3.8, 4) is 17.0 Å². The number of aliphatic hydroxyl groups is 1. The van der Waals surface area contributed by atoms with E-state index in [0.717, 1.165) is 32.6 Å². The molecule has 0 amide bonds. The molecule has 3 rings (SSSR count). The van der Waals surface area contributed by atoms with Gasteiger partial charge in [-0.1, -0.05) is 16.5 Å². The Morgan fingerprint density at radius 1 is 1.32 bits per heavy atom. The number of thioether (sulfide) groups is 1. The molecule has 2 aromatic heterocycles. The number of hydrogen-bond donors (Lipinski definition) is 1. The van der Waals surface area contributed by atoms with Gasteiger partial charge in [-0.3, -0.25) is 0 Å². The molecule has 0 spiro atoms. The van der Waals surface area contributed by atoms with Crippen LogP contribution in [0.4, 0.5) is 0 Å². The number of ether oxygens (including phenoxy) is 1. The summed E-state index contributed by atoms with van der Waals surface area (Å²) in [7, 11) is 1.63. The second kappa shape index (κ2) is 7.46. The molecular weight excluding hydrogens is 396 g/mol. The number of aryl methyl sites for hydroxylation is 1. The highest BCUT2D eigenvalue weighted by atomic mass is 32.2. The first-order valence-electron chi connectivity index (χ1n) is 8.81. The third-order valence-corrected chi connectivity index (χ3v) is 6.61. The Balaban J connectivity index is 2.11. The minimum absolute atomic E-state index is 0.196. The van der Waals surface area contributed by atoms with E-state index < -0.39 is 5.60 Å². The minimum atomic E-state index is -1.02. The maximum absolute atomic E-state index is 10.8. The van der Waals surface area contributed by atoms with Crippen LogP contribution in [0.15, 0.2) is 28.3 Å². The van der Waals surface area contributed by atoms with Gasteiger partial charge in [0.2, 0.25) is 4.96 Å². The Morgan fingerprint density at radius 3 is 2.64 bits per heavy atom. The van der Waals surface area contributed by atoms with E-state index in [1.165, 1.54) is 11.3 Å². The van der Waals surface area contributed by atoms with Gasteiger partial charge in [-0.25, -0.2) is 9.50 Å². The highest BCUT2D eigenvalue weighted by Gasteiger charge is 2.26. The summed E-state index contributed by atoms with van der Waals surface area (Å²) in [5.74, 6) is 0.738. The fraction of sp³-hybridized carbons (Fsp3) is 0.474. The third kappa shape index (κ3) is 4.06. The quantitative estimate of drug-likeness (QED) is 0.442. The zero-order valence-corrected chi connectivity index (χ0v) is 18.4. The molecule has 3 aromatic rings. The van der Waals surface area contributed by atoms with Crippen molar-refractivity contribution < 1.29 is 9.84 Å². The van der Waals surface area contributed by atoms with Gasteiger partial charge in [-0.2, -0.15) is 10.0 Å². The number of hydrogen-bond acceptors (Lipinski definition) is 8. The minimum Gasteiger partial charge on any atom is -0.496 e. The summed E-state index contributed by atoms with van der Waals surface area (Å²) in [6, 6.07) is 5.90. The lowest BCUT2D eigenvalue weighted by molar-refractivity contribution is 0.0773. The maximum atomic E-state index is 10.8. The Labute approximate surface area is 172 Å². The summed E-state index contributed by atoms with van der Waals surface area (Å²) in [5.41, 5.74) is 1.65. The summed E-state index contributed by atoms with van der Waals surface area (Å²) in [4.78, 5) is 17.0. The van der Waals surface area contributed by atoms with Crippen LogP contribution in [0.2, 0.25) is 0 Å². The molecule has 0 atom stereocenters. The number of rotatable bonds is 7. The summed E-state index contributed by atoms with van der Waals surface area (Å²) in [6.07, 6.45) is 0. The average Bonchev–Trinajstić information content (AvgIpc) is 3.10. The number of imidazole rings is 1. The number of nitrogens with zero attached hydrogens (tertiary/aromatic N) is 4. The lowest BCUT2D eigenvalue weighted by atomic mass is 10.1. The molecule has 0 saturated carbocycles. The molecule has 0 aliphatic heterocycles. The lowest BCUT2D eigenvalue weighted by Gasteiger charge is -2.22. The van der Waals surface area contributed by atoms with Crippen molar-refractivity contribution in [2.24, 2.45) is 5.18 Å². The molecule has 1 aromatic carbocycles. The van der Waals surface area contributed by atoms with Crippen molar-refractivity contribution in [3.63, 3.8) is 0 Å². The molecular formula is C19H24N4O3S2. The standard InChI is InChI=1S/C19H24N4O3S2/c1-11-15(23-17(21-11)27-16(22-23)19(4,5)24)12-7-8-13(26-6)14(9-12)28-18(2,3)10-20-25/h7-9,24H,10H2,1-6H3. The fourth-order valence-electron chi connectivity index (χ4n) is 2.82. The van der Waals surface area contributed by atoms with Gasteiger partial charge in [0.1, 0.15) is 16.4 Å². The molecule has 2 heterocycles. The smallest absolute Gasteiger partial charge is 0.213 e. The zero-order valence-electron chi connectivity index (χ0n) is 16.8. The lowest BCUT2D eigenvalue weighted by Crippen LogP contribution is -2.18. The van der Waals surface area contributed by atoms with Gasteiger partial charge >= 0.3 is 0 Å². The summed E-state index contributed by atoms with van der Waals surface area (Å²) in [5, 5.41) is 18.5. The van der Waals surface area contributed by atoms with Crippen LogP contribution in [0.1, 0.15) is 38.4 Å². The molecule has 7 nitrogen and oxygen atoms in total.